The van der Waals surface area contributed by atoms with Gasteiger partial charge < -0.3 is 9.31 Å². The monoisotopic (exact) mass is 314 g/mol. The summed E-state index contributed by atoms with van der Waals surface area (Å²) in [5, 5.41) is 4.64. The molecule has 5 heteroatoms. The van der Waals surface area contributed by atoms with Crippen molar-refractivity contribution in [1.29, 1.82) is 0 Å². The quantitative estimate of drug-likeness (QED) is 0.636. The molecule has 0 N–H and O–H groups in total. The lowest BCUT2D eigenvalue weighted by Gasteiger charge is -2.32. The van der Waals surface area contributed by atoms with Gasteiger partial charge in [0.1, 0.15) is 0 Å². The first-order chi connectivity index (χ1) is 10.8. The maximum atomic E-state index is 6.18. The minimum atomic E-state index is -0.311. The molecular weight excluding hydrogens is 287 g/mol. The van der Waals surface area contributed by atoms with Crippen LogP contribution in [0.15, 0.2) is 18.3 Å². The smallest absolute Gasteiger partial charge is 0.399 e. The maximum absolute atomic E-state index is 6.18. The lowest BCUT2D eigenvalue weighted by molar-refractivity contribution is 0.00578. The Morgan fingerprint density at radius 2 is 1.87 bits per heavy atom. The van der Waals surface area contributed by atoms with Gasteiger partial charge in [-0.1, -0.05) is 12.2 Å². The highest BCUT2D eigenvalue weighted by Gasteiger charge is 2.52. The van der Waals surface area contributed by atoms with Gasteiger partial charge in [0.25, 0.3) is 0 Å². The van der Waals surface area contributed by atoms with Gasteiger partial charge in [-0.25, -0.2) is 0 Å². The zero-order valence-corrected chi connectivity index (χ0v) is 14.9. The van der Waals surface area contributed by atoms with Crippen LogP contribution in [0.2, 0.25) is 0 Å². The minimum Gasteiger partial charge on any atom is -0.399 e. The summed E-state index contributed by atoms with van der Waals surface area (Å²) in [5.74, 6) is 2.29. The summed E-state index contributed by atoms with van der Waals surface area (Å²) >= 11 is 0. The molecular formula is C18H27BN2O2. The van der Waals surface area contributed by atoms with E-state index in [1.54, 1.807) is 0 Å². The lowest BCUT2D eigenvalue weighted by atomic mass is 9.79. The Bertz CT molecular complexity index is 633. The molecule has 0 radical (unpaired) electrons. The highest BCUT2D eigenvalue weighted by atomic mass is 16.7. The van der Waals surface area contributed by atoms with E-state index in [9.17, 15) is 0 Å². The molecule has 0 spiro atoms. The zero-order chi connectivity index (χ0) is 16.4. The number of rotatable bonds is 3. The Balaban J connectivity index is 1.52. The van der Waals surface area contributed by atoms with E-state index >= 15 is 0 Å². The standard InChI is InChI=1S/C18H27BN2O2/c1-12-16(19-22-17(2,3)18(4,5)23-19)10-20-21(12)11-15-9-13-6-7-14(15)8-13/h6-7,10,13-15H,8-9,11H2,1-5H3/t13-,14-,15-/m0/s1. The molecule has 0 amide bonds. The summed E-state index contributed by atoms with van der Waals surface area (Å²) in [6.45, 7) is 11.5. The van der Waals surface area contributed by atoms with Crippen LogP contribution in [-0.4, -0.2) is 28.1 Å². The van der Waals surface area contributed by atoms with Crippen LogP contribution in [0.4, 0.5) is 0 Å². The van der Waals surface area contributed by atoms with E-state index in [-0.39, 0.29) is 18.3 Å². The summed E-state index contributed by atoms with van der Waals surface area (Å²) in [6, 6.07) is 0. The van der Waals surface area contributed by atoms with E-state index in [4.69, 9.17) is 9.31 Å². The van der Waals surface area contributed by atoms with Gasteiger partial charge in [-0.3, -0.25) is 4.68 Å². The van der Waals surface area contributed by atoms with Gasteiger partial charge in [-0.05, 0) is 65.2 Å². The molecule has 2 heterocycles. The Kier molecular flexibility index (Phi) is 3.34. The van der Waals surface area contributed by atoms with Gasteiger partial charge in [-0.15, -0.1) is 0 Å². The predicted molar refractivity (Wildman–Crippen MR) is 91.5 cm³/mol. The van der Waals surface area contributed by atoms with Gasteiger partial charge in [0.05, 0.1) is 11.2 Å². The molecule has 1 aliphatic heterocycles. The summed E-state index contributed by atoms with van der Waals surface area (Å²) in [4.78, 5) is 0. The van der Waals surface area contributed by atoms with Crippen molar-refractivity contribution in [2.75, 3.05) is 0 Å². The van der Waals surface area contributed by atoms with Crippen molar-refractivity contribution in [3.8, 4) is 0 Å². The van der Waals surface area contributed by atoms with E-state index in [0.717, 1.165) is 29.8 Å². The van der Waals surface area contributed by atoms with Crippen molar-refractivity contribution in [3.63, 3.8) is 0 Å². The predicted octanol–water partition coefficient (Wildman–Crippen LogP) is 2.70. The average molecular weight is 314 g/mol. The topological polar surface area (TPSA) is 36.3 Å². The van der Waals surface area contributed by atoms with Crippen molar-refractivity contribution in [3.05, 3.63) is 24.0 Å². The van der Waals surface area contributed by atoms with Crippen molar-refractivity contribution in [2.45, 2.75) is 65.2 Å². The van der Waals surface area contributed by atoms with E-state index < -0.39 is 0 Å². The molecule has 3 aliphatic rings. The number of allylic oxidation sites excluding steroid dienone is 2. The molecule has 1 aromatic rings. The molecule has 4 nitrogen and oxygen atoms in total. The van der Waals surface area contributed by atoms with Gasteiger partial charge >= 0.3 is 7.12 Å². The lowest BCUT2D eigenvalue weighted by Crippen LogP contribution is -2.41. The number of hydrogen-bond acceptors (Lipinski definition) is 3. The maximum Gasteiger partial charge on any atom is 0.498 e. The molecule has 1 saturated heterocycles. The van der Waals surface area contributed by atoms with E-state index in [1.165, 1.54) is 18.5 Å². The van der Waals surface area contributed by atoms with E-state index in [0.29, 0.717) is 0 Å². The second kappa shape index (κ2) is 4.96. The number of nitrogens with zero attached hydrogens (tertiary/aromatic N) is 2. The molecule has 124 valence electrons. The first-order valence-electron chi connectivity index (χ1n) is 8.83. The van der Waals surface area contributed by atoms with Crippen LogP contribution < -0.4 is 5.46 Å². The zero-order valence-electron chi connectivity index (χ0n) is 14.9. The third-order valence-electron chi connectivity index (χ3n) is 6.47. The molecule has 2 aliphatic carbocycles. The van der Waals surface area contributed by atoms with Crippen LogP contribution in [0.25, 0.3) is 0 Å². The van der Waals surface area contributed by atoms with Crippen molar-refractivity contribution >= 4 is 12.6 Å². The fourth-order valence-corrected chi connectivity index (χ4v) is 4.17. The highest BCUT2D eigenvalue weighted by Crippen LogP contribution is 2.44. The van der Waals surface area contributed by atoms with E-state index in [1.807, 2.05) is 6.20 Å². The largest absolute Gasteiger partial charge is 0.498 e. The average Bonchev–Trinajstić information content (AvgIpc) is 3.17. The third kappa shape index (κ3) is 2.40. The molecule has 1 aromatic heterocycles. The van der Waals surface area contributed by atoms with Gasteiger partial charge in [0.2, 0.25) is 0 Å². The Morgan fingerprint density at radius 3 is 2.43 bits per heavy atom. The van der Waals surface area contributed by atoms with Crippen LogP contribution in [0.5, 0.6) is 0 Å². The SMILES string of the molecule is Cc1c(B2OC(C)(C)C(C)(C)O2)cnn1C[C@@H]1C[C@H]2C=C[C@H]1C2. The first-order valence-corrected chi connectivity index (χ1v) is 8.83. The second-order valence-electron chi connectivity index (χ2n) is 8.50. The summed E-state index contributed by atoms with van der Waals surface area (Å²) in [6.07, 6.45) is 9.39. The Hall–Kier alpha value is -1.07. The van der Waals surface area contributed by atoms with Crippen LogP contribution in [-0.2, 0) is 15.9 Å². The van der Waals surface area contributed by atoms with Gasteiger partial charge in [0.15, 0.2) is 0 Å². The number of aromatic nitrogens is 2. The molecule has 4 rings (SSSR count). The van der Waals surface area contributed by atoms with Crippen LogP contribution in [0.1, 0.15) is 46.2 Å². The third-order valence-corrected chi connectivity index (χ3v) is 6.47. The van der Waals surface area contributed by atoms with E-state index in [2.05, 4.69) is 56.6 Å². The summed E-state index contributed by atoms with van der Waals surface area (Å²) in [5.41, 5.74) is 1.64. The van der Waals surface area contributed by atoms with Crippen molar-refractivity contribution in [1.82, 2.24) is 9.78 Å². The second-order valence-corrected chi connectivity index (χ2v) is 8.50. The minimum absolute atomic E-state index is 0.304. The van der Waals surface area contributed by atoms with Gasteiger partial charge in [-0.2, -0.15) is 5.10 Å². The molecule has 0 aromatic carbocycles. The molecule has 2 bridgehead atoms. The fraction of sp³-hybridized carbons (Fsp3) is 0.722. The number of fused-ring (bicyclic) bond motifs is 2. The molecule has 2 fully saturated rings. The van der Waals surface area contributed by atoms with Crippen LogP contribution in [0, 0.1) is 24.7 Å². The number of hydrogen-bond donors (Lipinski definition) is 0. The van der Waals surface area contributed by atoms with Crippen molar-refractivity contribution < 1.29 is 9.31 Å². The van der Waals surface area contributed by atoms with Crippen molar-refractivity contribution in [2.24, 2.45) is 17.8 Å². The highest BCUT2D eigenvalue weighted by molar-refractivity contribution is 6.62. The van der Waals surface area contributed by atoms with Gasteiger partial charge in [0, 0.05) is 23.9 Å². The fourth-order valence-electron chi connectivity index (χ4n) is 4.17. The Morgan fingerprint density at radius 1 is 1.17 bits per heavy atom. The summed E-state index contributed by atoms with van der Waals surface area (Å²) < 4.78 is 14.5. The normalized spacial score (nSPS) is 33.8. The first kappa shape index (κ1) is 15.5. The molecule has 1 saturated carbocycles. The van der Waals surface area contributed by atoms with Crippen LogP contribution >= 0.6 is 0 Å². The van der Waals surface area contributed by atoms with Crippen LogP contribution in [0.3, 0.4) is 0 Å². The molecule has 3 atom stereocenters. The molecule has 23 heavy (non-hydrogen) atoms. The molecule has 0 unspecified atom stereocenters. The summed E-state index contributed by atoms with van der Waals surface area (Å²) in [7, 11) is -0.311. The Labute approximate surface area is 139 Å².